The summed E-state index contributed by atoms with van der Waals surface area (Å²) in [5, 5.41) is 1.44. The van der Waals surface area contributed by atoms with Crippen LogP contribution in [0, 0.1) is 5.92 Å². The number of nitrogens with zero attached hydrogens (tertiary/aromatic N) is 1. The molecule has 1 heterocycles. The van der Waals surface area contributed by atoms with Gasteiger partial charge in [0.15, 0.2) is 0 Å². The predicted octanol–water partition coefficient (Wildman–Crippen LogP) is 2.01. The molecular formula is C17H12BrNO2. The molecule has 0 aromatic heterocycles. The van der Waals surface area contributed by atoms with Crippen LogP contribution in [0.2, 0.25) is 0 Å². The van der Waals surface area contributed by atoms with E-state index in [1.165, 1.54) is 6.92 Å². The molecule has 0 radical (unpaired) electrons. The summed E-state index contributed by atoms with van der Waals surface area (Å²) in [4.78, 5) is 28.3. The molecule has 0 aliphatic carbocycles. The lowest BCUT2D eigenvalue weighted by Gasteiger charge is -2.19. The van der Waals surface area contributed by atoms with Gasteiger partial charge in [0.05, 0.1) is 5.36 Å². The van der Waals surface area contributed by atoms with Crippen LogP contribution >= 0.6 is 15.9 Å². The second kappa shape index (κ2) is 5.37. The molecule has 104 valence electrons. The summed E-state index contributed by atoms with van der Waals surface area (Å²) >= 11 is 3.44. The van der Waals surface area contributed by atoms with Crippen LogP contribution in [0.1, 0.15) is 12.5 Å². The third-order valence-electron chi connectivity index (χ3n) is 3.51. The fraction of sp³-hybridized carbons (Fsp3) is 0.118. The third-order valence-corrected chi connectivity index (χ3v) is 4.00. The lowest BCUT2D eigenvalue weighted by atomic mass is 9.85. The van der Waals surface area contributed by atoms with E-state index in [0.717, 1.165) is 20.8 Å². The zero-order valence-electron chi connectivity index (χ0n) is 11.3. The summed E-state index contributed by atoms with van der Waals surface area (Å²) in [7, 11) is 0. The molecule has 2 aromatic rings. The topological polar surface area (TPSA) is 46.5 Å². The third kappa shape index (κ3) is 2.47. The highest BCUT2D eigenvalue weighted by atomic mass is 79.9. The number of fused-ring (bicyclic) bond motifs is 1. The van der Waals surface area contributed by atoms with Crippen molar-refractivity contribution in [3.05, 3.63) is 69.1 Å². The van der Waals surface area contributed by atoms with Crippen LogP contribution in [-0.4, -0.2) is 11.7 Å². The lowest BCUT2D eigenvalue weighted by molar-refractivity contribution is -0.128. The van der Waals surface area contributed by atoms with Crippen LogP contribution in [0.4, 0.5) is 0 Å². The standard InChI is InChI=1S/C17H12BrNO2/c1-10(20)15-16(11-5-3-2-4-6-11)13-9-12(18)7-8-14(13)19-17(15)21/h2-9,15H,1H3. The van der Waals surface area contributed by atoms with Crippen molar-refractivity contribution in [3.8, 4) is 0 Å². The average Bonchev–Trinajstić information content (AvgIpc) is 2.47. The average molecular weight is 342 g/mol. The van der Waals surface area contributed by atoms with Crippen molar-refractivity contribution in [3.63, 3.8) is 0 Å². The summed E-state index contributed by atoms with van der Waals surface area (Å²) in [5.41, 5.74) is 1.61. The summed E-state index contributed by atoms with van der Waals surface area (Å²) in [6.07, 6.45) is 0. The van der Waals surface area contributed by atoms with Gasteiger partial charge in [0.25, 0.3) is 5.91 Å². The van der Waals surface area contributed by atoms with Crippen LogP contribution in [0.25, 0.3) is 5.57 Å². The second-order valence-corrected chi connectivity index (χ2v) is 5.85. The van der Waals surface area contributed by atoms with E-state index in [-0.39, 0.29) is 5.78 Å². The molecule has 1 amide bonds. The Morgan fingerprint density at radius 3 is 2.52 bits per heavy atom. The van der Waals surface area contributed by atoms with E-state index in [4.69, 9.17) is 0 Å². The van der Waals surface area contributed by atoms with Gasteiger partial charge in [-0.3, -0.25) is 9.59 Å². The molecule has 1 atom stereocenters. The van der Waals surface area contributed by atoms with Gasteiger partial charge in [-0.15, -0.1) is 0 Å². The van der Waals surface area contributed by atoms with E-state index >= 15 is 0 Å². The van der Waals surface area contributed by atoms with Gasteiger partial charge in [0.2, 0.25) is 0 Å². The molecule has 3 nitrogen and oxygen atoms in total. The fourth-order valence-corrected chi connectivity index (χ4v) is 2.96. The SMILES string of the molecule is CC(=O)C1C(=O)N=c2ccc(Br)cc2=C1c1ccccc1. The van der Waals surface area contributed by atoms with Crippen molar-refractivity contribution >= 4 is 33.2 Å². The number of benzene rings is 2. The molecule has 0 saturated carbocycles. The zero-order chi connectivity index (χ0) is 15.0. The van der Waals surface area contributed by atoms with Crippen LogP contribution in [0.15, 0.2) is 58.0 Å². The summed E-state index contributed by atoms with van der Waals surface area (Å²) in [5.74, 6) is -1.40. The highest BCUT2D eigenvalue weighted by molar-refractivity contribution is 9.10. The van der Waals surface area contributed by atoms with E-state index in [1.807, 2.05) is 42.5 Å². The van der Waals surface area contributed by atoms with Crippen molar-refractivity contribution in [2.75, 3.05) is 0 Å². The van der Waals surface area contributed by atoms with Crippen molar-refractivity contribution in [1.82, 2.24) is 0 Å². The zero-order valence-corrected chi connectivity index (χ0v) is 12.9. The molecule has 0 spiro atoms. The summed E-state index contributed by atoms with van der Waals surface area (Å²) < 4.78 is 0.890. The minimum atomic E-state index is -0.825. The largest absolute Gasteiger partial charge is 0.299 e. The van der Waals surface area contributed by atoms with Gasteiger partial charge in [-0.05, 0) is 36.3 Å². The van der Waals surface area contributed by atoms with Crippen molar-refractivity contribution in [1.29, 1.82) is 0 Å². The summed E-state index contributed by atoms with van der Waals surface area (Å²) in [6.45, 7) is 1.43. The van der Waals surface area contributed by atoms with Crippen LogP contribution in [0.5, 0.6) is 0 Å². The molecule has 1 aliphatic heterocycles. The number of carbonyl (C=O) groups is 2. The van der Waals surface area contributed by atoms with Gasteiger partial charge in [0, 0.05) is 9.69 Å². The second-order valence-electron chi connectivity index (χ2n) is 4.93. The van der Waals surface area contributed by atoms with Crippen molar-refractivity contribution in [2.24, 2.45) is 10.9 Å². The molecular weight excluding hydrogens is 330 g/mol. The van der Waals surface area contributed by atoms with E-state index in [2.05, 4.69) is 20.9 Å². The molecule has 0 fully saturated rings. The Morgan fingerprint density at radius 2 is 1.86 bits per heavy atom. The smallest absolute Gasteiger partial charge is 0.261 e. The van der Waals surface area contributed by atoms with Gasteiger partial charge in [-0.2, -0.15) is 0 Å². The van der Waals surface area contributed by atoms with E-state index in [1.54, 1.807) is 6.07 Å². The maximum Gasteiger partial charge on any atom is 0.261 e. The first-order chi connectivity index (χ1) is 10.1. The first-order valence-corrected chi connectivity index (χ1v) is 7.35. The monoisotopic (exact) mass is 341 g/mol. The molecule has 0 saturated heterocycles. The van der Waals surface area contributed by atoms with Gasteiger partial charge in [-0.25, -0.2) is 4.99 Å². The van der Waals surface area contributed by atoms with Gasteiger partial charge in [0.1, 0.15) is 11.7 Å². The quantitative estimate of drug-likeness (QED) is 0.784. The first-order valence-electron chi connectivity index (χ1n) is 6.56. The van der Waals surface area contributed by atoms with Crippen LogP contribution in [0.3, 0.4) is 0 Å². The molecule has 0 N–H and O–H groups in total. The molecule has 1 unspecified atom stereocenters. The van der Waals surface area contributed by atoms with Crippen molar-refractivity contribution in [2.45, 2.75) is 6.92 Å². The Kier molecular flexibility index (Phi) is 3.55. The predicted molar refractivity (Wildman–Crippen MR) is 83.1 cm³/mol. The first kappa shape index (κ1) is 13.9. The number of carbonyl (C=O) groups excluding carboxylic acids is 2. The van der Waals surface area contributed by atoms with Gasteiger partial charge < -0.3 is 0 Å². The number of hydrogen-bond donors (Lipinski definition) is 0. The van der Waals surface area contributed by atoms with Gasteiger partial charge in [-0.1, -0.05) is 46.3 Å². The number of Topliss-reactive ketones (excluding diaryl/α,β-unsaturated/α-hetero) is 1. The summed E-state index contributed by atoms with van der Waals surface area (Å²) in [6, 6.07) is 15.1. The Labute approximate surface area is 130 Å². The minimum Gasteiger partial charge on any atom is -0.299 e. The molecule has 4 heteroatoms. The maximum atomic E-state index is 12.2. The molecule has 2 aromatic carbocycles. The lowest BCUT2D eigenvalue weighted by Crippen LogP contribution is -2.40. The molecule has 1 aliphatic rings. The number of halogens is 1. The maximum absolute atomic E-state index is 12.2. The van der Waals surface area contributed by atoms with E-state index in [0.29, 0.717) is 5.36 Å². The molecule has 21 heavy (non-hydrogen) atoms. The fourth-order valence-electron chi connectivity index (χ4n) is 2.60. The highest BCUT2D eigenvalue weighted by Gasteiger charge is 2.31. The number of ketones is 1. The van der Waals surface area contributed by atoms with Crippen molar-refractivity contribution < 1.29 is 9.59 Å². The number of amides is 1. The van der Waals surface area contributed by atoms with Gasteiger partial charge >= 0.3 is 0 Å². The Balaban J connectivity index is 2.45. The van der Waals surface area contributed by atoms with E-state index in [9.17, 15) is 9.59 Å². The molecule has 3 rings (SSSR count). The van der Waals surface area contributed by atoms with Crippen LogP contribution in [-0.2, 0) is 9.59 Å². The van der Waals surface area contributed by atoms with Crippen LogP contribution < -0.4 is 10.6 Å². The Bertz CT molecular complexity index is 856. The van der Waals surface area contributed by atoms with E-state index < -0.39 is 11.8 Å². The Morgan fingerprint density at radius 1 is 1.14 bits per heavy atom. The number of rotatable bonds is 2. The molecule has 0 bridgehead atoms. The minimum absolute atomic E-state index is 0.187. The Hall–Kier alpha value is -2.07. The number of hydrogen-bond acceptors (Lipinski definition) is 2. The highest BCUT2D eigenvalue weighted by Crippen LogP contribution is 2.24. The normalized spacial score (nSPS) is 17.1.